The highest BCUT2D eigenvalue weighted by atomic mass is 16.6. The van der Waals surface area contributed by atoms with E-state index in [4.69, 9.17) is 9.84 Å². The summed E-state index contributed by atoms with van der Waals surface area (Å²) in [5, 5.41) is 10.2. The van der Waals surface area contributed by atoms with E-state index in [1.54, 1.807) is 12.1 Å². The van der Waals surface area contributed by atoms with Gasteiger partial charge < -0.3 is 9.84 Å². The second kappa shape index (κ2) is 6.41. The Labute approximate surface area is 137 Å². The molecule has 1 aliphatic heterocycles. The van der Waals surface area contributed by atoms with Crippen molar-refractivity contribution in [1.82, 2.24) is 10.4 Å². The number of nitrogens with zero attached hydrogens (tertiary/aromatic N) is 1. The van der Waals surface area contributed by atoms with Gasteiger partial charge in [-0.2, -0.15) is 0 Å². The zero-order valence-corrected chi connectivity index (χ0v) is 12.6. The number of ether oxygens (including phenoxy) is 1. The van der Waals surface area contributed by atoms with E-state index in [-0.39, 0.29) is 30.2 Å². The van der Waals surface area contributed by atoms with Crippen LogP contribution in [-0.2, 0) is 17.8 Å². The highest BCUT2D eigenvalue weighted by Gasteiger charge is 2.29. The molecule has 0 aromatic heterocycles. The number of nitrogens with one attached hydrogen (secondary N) is 1. The maximum absolute atomic E-state index is 12.1. The maximum atomic E-state index is 12.1. The summed E-state index contributed by atoms with van der Waals surface area (Å²) in [5.74, 6) is -1.53. The lowest BCUT2D eigenvalue weighted by Gasteiger charge is -2.28. The van der Waals surface area contributed by atoms with Gasteiger partial charge in [0, 0.05) is 5.56 Å². The predicted octanol–water partition coefficient (Wildman–Crippen LogP) is 1.97. The number of hydrazine groups is 1. The van der Waals surface area contributed by atoms with E-state index in [0.29, 0.717) is 5.56 Å². The fourth-order valence-electron chi connectivity index (χ4n) is 2.43. The Morgan fingerprint density at radius 1 is 1.12 bits per heavy atom. The third-order valence-electron chi connectivity index (χ3n) is 3.53. The van der Waals surface area contributed by atoms with Crippen molar-refractivity contribution >= 4 is 18.0 Å². The van der Waals surface area contributed by atoms with Crippen LogP contribution in [0.3, 0.4) is 0 Å². The number of aromatic carboxylic acids is 1. The number of carbonyl (C=O) groups is 3. The van der Waals surface area contributed by atoms with Gasteiger partial charge in [-0.1, -0.05) is 42.5 Å². The van der Waals surface area contributed by atoms with Crippen LogP contribution < -0.4 is 10.2 Å². The highest BCUT2D eigenvalue weighted by molar-refractivity contribution is 5.93. The predicted molar refractivity (Wildman–Crippen MR) is 83.3 cm³/mol. The zero-order chi connectivity index (χ0) is 17.1. The molecule has 2 aromatic carbocycles. The molecule has 0 saturated heterocycles. The Morgan fingerprint density at radius 2 is 1.88 bits per heavy atom. The molecule has 0 unspecified atom stereocenters. The van der Waals surface area contributed by atoms with E-state index in [1.165, 1.54) is 6.07 Å². The third kappa shape index (κ3) is 3.19. The number of amides is 2. The molecule has 7 nitrogen and oxygen atoms in total. The molecule has 0 atom stereocenters. The maximum Gasteiger partial charge on any atom is 0.434 e. The molecule has 3 rings (SSSR count). The Hall–Kier alpha value is -3.35. The van der Waals surface area contributed by atoms with Crippen molar-refractivity contribution < 1.29 is 24.2 Å². The molecule has 122 valence electrons. The lowest BCUT2D eigenvalue weighted by atomic mass is 10.1. The lowest BCUT2D eigenvalue weighted by Crippen LogP contribution is -2.49. The molecule has 0 saturated carbocycles. The standard InChI is InChI=1S/C17H14N2O5/c20-14(9-11-5-2-1-3-6-11)18-19-10-12-7-4-8-13(16(21)22)15(12)24-17(19)23/h1-8H,9-10H2,(H,18,20)(H,21,22). The molecule has 7 heteroatoms. The molecule has 24 heavy (non-hydrogen) atoms. The quantitative estimate of drug-likeness (QED) is 0.895. The monoisotopic (exact) mass is 326 g/mol. The molecule has 2 amide bonds. The molecule has 1 aliphatic rings. The van der Waals surface area contributed by atoms with Gasteiger partial charge in [0.25, 0.3) is 0 Å². The zero-order valence-electron chi connectivity index (χ0n) is 12.6. The highest BCUT2D eigenvalue weighted by Crippen LogP contribution is 2.29. The van der Waals surface area contributed by atoms with Gasteiger partial charge in [0.15, 0.2) is 5.75 Å². The Kier molecular flexibility index (Phi) is 4.15. The minimum atomic E-state index is -1.18. The van der Waals surface area contributed by atoms with Crippen molar-refractivity contribution in [3.8, 4) is 5.75 Å². The molecule has 2 N–H and O–H groups in total. The first-order valence-electron chi connectivity index (χ1n) is 7.22. The van der Waals surface area contributed by atoms with Crippen LogP contribution in [0.15, 0.2) is 48.5 Å². The van der Waals surface area contributed by atoms with Crippen LogP contribution >= 0.6 is 0 Å². The van der Waals surface area contributed by atoms with Crippen molar-refractivity contribution in [1.29, 1.82) is 0 Å². The number of hydrogen-bond donors (Lipinski definition) is 2. The Bertz CT molecular complexity index is 804. The van der Waals surface area contributed by atoms with Gasteiger partial charge in [-0.25, -0.2) is 14.6 Å². The number of rotatable bonds is 4. The fraction of sp³-hybridized carbons (Fsp3) is 0.118. The number of carboxylic acid groups (broad SMARTS) is 1. The smallest absolute Gasteiger partial charge is 0.434 e. The van der Waals surface area contributed by atoms with Crippen molar-refractivity contribution in [3.63, 3.8) is 0 Å². The largest absolute Gasteiger partial charge is 0.478 e. The van der Waals surface area contributed by atoms with E-state index in [9.17, 15) is 14.4 Å². The first-order valence-corrected chi connectivity index (χ1v) is 7.22. The van der Waals surface area contributed by atoms with Crippen LogP contribution in [0.4, 0.5) is 4.79 Å². The fourth-order valence-corrected chi connectivity index (χ4v) is 2.43. The summed E-state index contributed by atoms with van der Waals surface area (Å²) < 4.78 is 5.08. The summed E-state index contributed by atoms with van der Waals surface area (Å²) in [6, 6.07) is 13.7. The van der Waals surface area contributed by atoms with Gasteiger partial charge in [0.1, 0.15) is 5.56 Å². The first-order chi connectivity index (χ1) is 11.5. The van der Waals surface area contributed by atoms with Crippen LogP contribution in [0.1, 0.15) is 21.5 Å². The minimum Gasteiger partial charge on any atom is -0.478 e. The topological polar surface area (TPSA) is 95.9 Å². The van der Waals surface area contributed by atoms with Gasteiger partial charge >= 0.3 is 12.1 Å². The average molecular weight is 326 g/mol. The number of carbonyl (C=O) groups excluding carboxylic acids is 2. The summed E-state index contributed by atoms with van der Waals surface area (Å²) in [4.78, 5) is 35.2. The van der Waals surface area contributed by atoms with E-state index in [2.05, 4.69) is 5.43 Å². The third-order valence-corrected chi connectivity index (χ3v) is 3.53. The summed E-state index contributed by atoms with van der Waals surface area (Å²) >= 11 is 0. The molecule has 0 aliphatic carbocycles. The average Bonchev–Trinajstić information content (AvgIpc) is 2.55. The number of fused-ring (bicyclic) bond motifs is 1. The van der Waals surface area contributed by atoms with Gasteiger partial charge in [0.05, 0.1) is 13.0 Å². The van der Waals surface area contributed by atoms with Crippen molar-refractivity contribution in [3.05, 3.63) is 65.2 Å². The van der Waals surface area contributed by atoms with Crippen molar-refractivity contribution in [2.24, 2.45) is 0 Å². The molecule has 2 aromatic rings. The molecule has 0 spiro atoms. The molecular formula is C17H14N2O5. The molecule has 0 bridgehead atoms. The number of hydrogen-bond acceptors (Lipinski definition) is 4. The van der Waals surface area contributed by atoms with Crippen molar-refractivity contribution in [2.45, 2.75) is 13.0 Å². The van der Waals surface area contributed by atoms with Crippen LogP contribution in [0.25, 0.3) is 0 Å². The lowest BCUT2D eigenvalue weighted by molar-refractivity contribution is -0.124. The van der Waals surface area contributed by atoms with E-state index >= 15 is 0 Å². The van der Waals surface area contributed by atoms with E-state index < -0.39 is 12.1 Å². The summed E-state index contributed by atoms with van der Waals surface area (Å²) in [7, 11) is 0. The summed E-state index contributed by atoms with van der Waals surface area (Å²) in [6.07, 6.45) is -0.704. The molecule has 0 radical (unpaired) electrons. The normalized spacial score (nSPS) is 13.0. The summed E-state index contributed by atoms with van der Waals surface area (Å²) in [5.41, 5.74) is 3.71. The second-order valence-corrected chi connectivity index (χ2v) is 5.25. The number of carboxylic acids is 1. The molecule has 1 heterocycles. The minimum absolute atomic E-state index is 0.0172. The van der Waals surface area contributed by atoms with Gasteiger partial charge in [0.2, 0.25) is 5.91 Å². The van der Waals surface area contributed by atoms with Gasteiger partial charge in [-0.3, -0.25) is 10.2 Å². The van der Waals surface area contributed by atoms with Crippen LogP contribution in [0.2, 0.25) is 0 Å². The molecular weight excluding hydrogens is 312 g/mol. The molecule has 0 fully saturated rings. The SMILES string of the molecule is O=C(Cc1ccccc1)NN1Cc2cccc(C(=O)O)c2OC1=O. The van der Waals surface area contributed by atoms with Crippen LogP contribution in [-0.4, -0.2) is 28.1 Å². The van der Waals surface area contributed by atoms with Gasteiger partial charge in [-0.15, -0.1) is 0 Å². The second-order valence-electron chi connectivity index (χ2n) is 5.25. The summed E-state index contributed by atoms with van der Waals surface area (Å²) in [6.45, 7) is 0.0375. The van der Waals surface area contributed by atoms with Crippen LogP contribution in [0.5, 0.6) is 5.75 Å². The van der Waals surface area contributed by atoms with Gasteiger partial charge in [-0.05, 0) is 11.6 Å². The van der Waals surface area contributed by atoms with Crippen molar-refractivity contribution in [2.75, 3.05) is 0 Å². The Morgan fingerprint density at radius 3 is 2.58 bits per heavy atom. The van der Waals surface area contributed by atoms with E-state index in [1.807, 2.05) is 30.3 Å². The Balaban J connectivity index is 1.72. The first kappa shape index (κ1) is 15.5. The van der Waals surface area contributed by atoms with Crippen LogP contribution in [0, 0.1) is 0 Å². The van der Waals surface area contributed by atoms with E-state index in [0.717, 1.165) is 10.6 Å². The number of para-hydroxylation sites is 1. The number of benzene rings is 2.